The van der Waals surface area contributed by atoms with E-state index in [1.54, 1.807) is 6.92 Å². The minimum atomic E-state index is -3.76. The number of ether oxygens (including phenoxy) is 1. The Hall–Kier alpha value is -1.41. The van der Waals surface area contributed by atoms with Crippen LogP contribution < -0.4 is 0 Å². The van der Waals surface area contributed by atoms with E-state index in [9.17, 15) is 13.2 Å². The number of carbonyl (C=O) groups excluding carboxylic acids is 1. The van der Waals surface area contributed by atoms with E-state index in [1.807, 2.05) is 0 Å². The molecule has 21 heavy (non-hydrogen) atoms. The maximum Gasteiger partial charge on any atom is 0.342 e. The lowest BCUT2D eigenvalue weighted by atomic mass is 10.1. The highest BCUT2D eigenvalue weighted by molar-refractivity contribution is 7.89. The van der Waals surface area contributed by atoms with Crippen LogP contribution in [-0.2, 0) is 14.8 Å². The van der Waals surface area contributed by atoms with Crippen molar-refractivity contribution in [2.45, 2.75) is 37.6 Å². The summed E-state index contributed by atoms with van der Waals surface area (Å²) in [5.74, 6) is -0.294. The third kappa shape index (κ3) is 3.44. The topological polar surface area (TPSA) is 92.4 Å². The molecule has 118 valence electrons. The number of aromatic amines is 1. The first-order valence-electron chi connectivity index (χ1n) is 7.13. The van der Waals surface area contributed by atoms with E-state index < -0.39 is 16.0 Å². The molecule has 1 aromatic rings. The van der Waals surface area contributed by atoms with Crippen LogP contribution in [0.3, 0.4) is 0 Å². The van der Waals surface area contributed by atoms with E-state index >= 15 is 0 Å². The molecule has 8 heteroatoms. The van der Waals surface area contributed by atoms with Crippen molar-refractivity contribution < 1.29 is 17.9 Å². The number of carbonyl (C=O) groups is 1. The molecule has 0 radical (unpaired) electrons. The number of H-pyrrole nitrogens is 1. The highest BCUT2D eigenvalue weighted by atomic mass is 32.2. The molecule has 0 amide bonds. The molecule has 7 nitrogen and oxygen atoms in total. The molecule has 1 aliphatic rings. The summed E-state index contributed by atoms with van der Waals surface area (Å²) >= 11 is 0. The molecule has 1 heterocycles. The summed E-state index contributed by atoms with van der Waals surface area (Å²) in [6.45, 7) is 2.31. The summed E-state index contributed by atoms with van der Waals surface area (Å²) in [6, 6.07) is 0. The molecule has 0 bridgehead atoms. The second kappa shape index (κ2) is 6.57. The summed E-state index contributed by atoms with van der Waals surface area (Å²) in [5, 5.41) is 5.89. The van der Waals surface area contributed by atoms with Crippen LogP contribution in [0.2, 0.25) is 0 Å². The van der Waals surface area contributed by atoms with E-state index in [0.717, 1.165) is 25.7 Å². The Morgan fingerprint density at radius 3 is 2.76 bits per heavy atom. The Morgan fingerprint density at radius 1 is 1.48 bits per heavy atom. The Balaban J connectivity index is 2.18. The molecule has 1 aromatic heterocycles. The zero-order valence-electron chi connectivity index (χ0n) is 12.3. The maximum atomic E-state index is 12.6. The Bertz CT molecular complexity index is 590. The molecule has 1 saturated carbocycles. The third-order valence-corrected chi connectivity index (χ3v) is 5.55. The Labute approximate surface area is 124 Å². The Kier molecular flexibility index (Phi) is 5.00. The molecule has 1 aliphatic carbocycles. The lowest BCUT2D eigenvalue weighted by Gasteiger charge is -2.20. The van der Waals surface area contributed by atoms with Crippen molar-refractivity contribution in [3.8, 4) is 0 Å². The van der Waals surface area contributed by atoms with Crippen LogP contribution in [-0.4, -0.2) is 49.1 Å². The van der Waals surface area contributed by atoms with Crippen molar-refractivity contribution >= 4 is 16.0 Å². The number of aromatic nitrogens is 2. The van der Waals surface area contributed by atoms with Gasteiger partial charge in [-0.05, 0) is 25.7 Å². The van der Waals surface area contributed by atoms with Crippen LogP contribution in [0.5, 0.6) is 0 Å². The molecule has 1 fully saturated rings. The largest absolute Gasteiger partial charge is 0.462 e. The second-order valence-electron chi connectivity index (χ2n) is 5.27. The molecule has 0 saturated heterocycles. The van der Waals surface area contributed by atoms with E-state index in [0.29, 0.717) is 12.5 Å². The number of hydrogen-bond acceptors (Lipinski definition) is 5. The molecule has 0 unspecified atom stereocenters. The molecule has 2 rings (SSSR count). The predicted octanol–water partition coefficient (Wildman–Crippen LogP) is 1.40. The van der Waals surface area contributed by atoms with Crippen LogP contribution in [0.15, 0.2) is 11.2 Å². The van der Waals surface area contributed by atoms with Crippen LogP contribution in [0.25, 0.3) is 0 Å². The minimum Gasteiger partial charge on any atom is -0.462 e. The SMILES string of the molecule is CCOC(=O)c1cn[nH]c1S(=O)(=O)N(C)CC1CCCC1. The fourth-order valence-electron chi connectivity index (χ4n) is 2.64. The molecular formula is C13H21N3O4S. The lowest BCUT2D eigenvalue weighted by Crippen LogP contribution is -2.32. The first-order valence-corrected chi connectivity index (χ1v) is 8.57. The van der Waals surface area contributed by atoms with Gasteiger partial charge in [-0.2, -0.15) is 9.40 Å². The van der Waals surface area contributed by atoms with E-state index in [1.165, 1.54) is 17.5 Å². The number of nitrogens with zero attached hydrogens (tertiary/aromatic N) is 2. The van der Waals surface area contributed by atoms with Crippen molar-refractivity contribution in [1.29, 1.82) is 0 Å². The second-order valence-corrected chi connectivity index (χ2v) is 7.25. The maximum absolute atomic E-state index is 12.6. The van der Waals surface area contributed by atoms with Crippen LogP contribution in [0, 0.1) is 5.92 Å². The number of hydrogen-bond donors (Lipinski definition) is 1. The predicted molar refractivity (Wildman–Crippen MR) is 76.3 cm³/mol. The quantitative estimate of drug-likeness (QED) is 0.801. The van der Waals surface area contributed by atoms with E-state index in [-0.39, 0.29) is 17.2 Å². The highest BCUT2D eigenvalue weighted by Crippen LogP contribution is 2.27. The number of esters is 1. The first kappa shape index (κ1) is 16.0. The van der Waals surface area contributed by atoms with Crippen molar-refractivity contribution in [3.63, 3.8) is 0 Å². The standard InChI is InChI=1S/C13H21N3O4S/c1-3-20-13(17)11-8-14-15-12(11)21(18,19)16(2)9-10-6-4-5-7-10/h8,10H,3-7,9H2,1-2H3,(H,14,15). The van der Waals surface area contributed by atoms with E-state index in [4.69, 9.17) is 4.74 Å². The average molecular weight is 315 g/mol. The molecule has 0 atom stereocenters. The van der Waals surface area contributed by atoms with Gasteiger partial charge in [-0.15, -0.1) is 0 Å². The smallest absolute Gasteiger partial charge is 0.342 e. The van der Waals surface area contributed by atoms with Crippen LogP contribution in [0.4, 0.5) is 0 Å². The first-order chi connectivity index (χ1) is 9.96. The van der Waals surface area contributed by atoms with Crippen LogP contribution >= 0.6 is 0 Å². The molecule has 0 aliphatic heterocycles. The van der Waals surface area contributed by atoms with E-state index in [2.05, 4.69) is 10.2 Å². The van der Waals surface area contributed by atoms with Gasteiger partial charge in [0.05, 0.1) is 12.8 Å². The summed E-state index contributed by atoms with van der Waals surface area (Å²) in [5.41, 5.74) is -0.0462. The van der Waals surface area contributed by atoms with Gasteiger partial charge < -0.3 is 4.74 Å². The zero-order chi connectivity index (χ0) is 15.5. The van der Waals surface area contributed by atoms with Gasteiger partial charge in [-0.25, -0.2) is 13.2 Å². The summed E-state index contributed by atoms with van der Waals surface area (Å²) in [6.07, 6.45) is 5.59. The van der Waals surface area contributed by atoms with Gasteiger partial charge in [0.25, 0.3) is 10.0 Å². The van der Waals surface area contributed by atoms with Crippen LogP contribution in [0.1, 0.15) is 43.0 Å². The van der Waals surface area contributed by atoms with Crippen molar-refractivity contribution in [3.05, 3.63) is 11.8 Å². The Morgan fingerprint density at radius 2 is 2.14 bits per heavy atom. The highest BCUT2D eigenvalue weighted by Gasteiger charge is 2.31. The fraction of sp³-hybridized carbons (Fsp3) is 0.692. The number of nitrogens with one attached hydrogen (secondary N) is 1. The van der Waals surface area contributed by atoms with Gasteiger partial charge in [0, 0.05) is 13.6 Å². The van der Waals surface area contributed by atoms with Gasteiger partial charge in [0.1, 0.15) is 5.56 Å². The number of rotatable bonds is 6. The van der Waals surface area contributed by atoms with Gasteiger partial charge in [0.2, 0.25) is 0 Å². The monoisotopic (exact) mass is 315 g/mol. The van der Waals surface area contributed by atoms with Gasteiger partial charge >= 0.3 is 5.97 Å². The summed E-state index contributed by atoms with van der Waals surface area (Å²) < 4.78 is 31.3. The summed E-state index contributed by atoms with van der Waals surface area (Å²) in [4.78, 5) is 11.8. The molecule has 0 spiro atoms. The van der Waals surface area contributed by atoms with Gasteiger partial charge in [-0.1, -0.05) is 12.8 Å². The van der Waals surface area contributed by atoms with Crippen molar-refractivity contribution in [1.82, 2.24) is 14.5 Å². The molecule has 0 aromatic carbocycles. The third-order valence-electron chi connectivity index (χ3n) is 3.76. The molecule has 1 N–H and O–H groups in total. The minimum absolute atomic E-state index is 0.0462. The van der Waals surface area contributed by atoms with Gasteiger partial charge in [0.15, 0.2) is 5.03 Å². The van der Waals surface area contributed by atoms with Gasteiger partial charge in [-0.3, -0.25) is 5.10 Å². The lowest BCUT2D eigenvalue weighted by molar-refractivity contribution is 0.0521. The van der Waals surface area contributed by atoms with Crippen molar-refractivity contribution in [2.24, 2.45) is 5.92 Å². The normalized spacial score (nSPS) is 16.5. The summed E-state index contributed by atoms with van der Waals surface area (Å²) in [7, 11) is -2.23. The average Bonchev–Trinajstić information content (AvgIpc) is 3.09. The number of sulfonamides is 1. The fourth-order valence-corrected chi connectivity index (χ4v) is 3.94. The zero-order valence-corrected chi connectivity index (χ0v) is 13.1. The molecular weight excluding hydrogens is 294 g/mol. The van der Waals surface area contributed by atoms with Crippen molar-refractivity contribution in [2.75, 3.05) is 20.2 Å².